The lowest BCUT2D eigenvalue weighted by Gasteiger charge is -2.27. The van der Waals surface area contributed by atoms with E-state index in [1.54, 1.807) is 29.0 Å². The highest BCUT2D eigenvalue weighted by Gasteiger charge is 2.21. The lowest BCUT2D eigenvalue weighted by atomic mass is 10.0. The number of aromatic nitrogens is 7. The van der Waals surface area contributed by atoms with Crippen molar-refractivity contribution in [3.63, 3.8) is 0 Å². The number of nitrogens with zero attached hydrogens (tertiary/aromatic N) is 7. The molecule has 1 aliphatic heterocycles. The first kappa shape index (κ1) is 19.9. The van der Waals surface area contributed by atoms with E-state index in [0.717, 1.165) is 36.3 Å². The van der Waals surface area contributed by atoms with Crippen molar-refractivity contribution in [3.8, 4) is 11.1 Å². The van der Waals surface area contributed by atoms with Crippen LogP contribution in [0.3, 0.4) is 0 Å². The minimum atomic E-state index is -0.672. The van der Waals surface area contributed by atoms with E-state index in [2.05, 4.69) is 30.7 Å². The summed E-state index contributed by atoms with van der Waals surface area (Å²) in [6, 6.07) is 6.93. The predicted molar refractivity (Wildman–Crippen MR) is 118 cm³/mol. The minimum Gasteiger partial charge on any atom is -0.312 e. The van der Waals surface area contributed by atoms with E-state index in [4.69, 9.17) is 0 Å². The Hall–Kier alpha value is -3.79. The number of halogens is 2. The molecule has 8 nitrogen and oxygen atoms in total. The van der Waals surface area contributed by atoms with E-state index in [-0.39, 0.29) is 22.9 Å². The summed E-state index contributed by atoms with van der Waals surface area (Å²) in [5.41, 5.74) is 3.10. The Morgan fingerprint density at radius 2 is 1.97 bits per heavy atom. The number of hydrogen-bond acceptors (Lipinski definition) is 6. The van der Waals surface area contributed by atoms with E-state index in [1.165, 1.54) is 6.07 Å². The zero-order chi connectivity index (χ0) is 22.5. The van der Waals surface area contributed by atoms with Gasteiger partial charge in [-0.1, -0.05) is 6.92 Å². The zero-order valence-electron chi connectivity index (χ0n) is 17.8. The Bertz CT molecular complexity index is 1500. The Labute approximate surface area is 187 Å². The summed E-state index contributed by atoms with van der Waals surface area (Å²) in [4.78, 5) is 4.30. The summed E-state index contributed by atoms with van der Waals surface area (Å²) in [5, 5.41) is 20.5. The van der Waals surface area contributed by atoms with E-state index in [0.29, 0.717) is 17.5 Å². The largest absolute Gasteiger partial charge is 0.312 e. The van der Waals surface area contributed by atoms with Crippen molar-refractivity contribution in [2.75, 3.05) is 13.1 Å². The summed E-state index contributed by atoms with van der Waals surface area (Å²) < 4.78 is 33.9. The second-order valence-corrected chi connectivity index (χ2v) is 8.20. The predicted octanol–water partition coefficient (Wildman–Crippen LogP) is 3.11. The fourth-order valence-corrected chi connectivity index (χ4v) is 4.04. The standard InChI is InChI=1S/C23H20F2N8/c1-2-15-3-4-21-29-30-22(33(21)31-15)6-17-19(24)7-20-18(23(17)25)5-13(8-27-20)14-9-28-32(12-14)16-10-26-11-16/h3-5,7-9,12,16,26H,2,6,10-11H2,1H3. The molecule has 0 spiro atoms. The average Bonchev–Trinajstić information content (AvgIpc) is 3.42. The van der Waals surface area contributed by atoms with Gasteiger partial charge in [0.25, 0.3) is 0 Å². The van der Waals surface area contributed by atoms with Gasteiger partial charge in [0, 0.05) is 60.0 Å². The van der Waals surface area contributed by atoms with Gasteiger partial charge in [-0.25, -0.2) is 8.78 Å². The summed E-state index contributed by atoms with van der Waals surface area (Å²) >= 11 is 0. The number of rotatable bonds is 5. The van der Waals surface area contributed by atoms with Gasteiger partial charge < -0.3 is 5.32 Å². The van der Waals surface area contributed by atoms with E-state index >= 15 is 4.39 Å². The van der Waals surface area contributed by atoms with E-state index in [9.17, 15) is 4.39 Å². The molecule has 0 unspecified atom stereocenters. The normalized spacial score (nSPS) is 14.3. The summed E-state index contributed by atoms with van der Waals surface area (Å²) in [7, 11) is 0. The fraction of sp³-hybridized carbons (Fsp3) is 0.261. The minimum absolute atomic E-state index is 0.0776. The highest BCUT2D eigenvalue weighted by atomic mass is 19.1. The van der Waals surface area contributed by atoms with Crippen molar-refractivity contribution in [2.24, 2.45) is 0 Å². The molecule has 5 heterocycles. The molecule has 10 heteroatoms. The van der Waals surface area contributed by atoms with Crippen LogP contribution in [0.15, 0.2) is 42.9 Å². The molecule has 0 radical (unpaired) electrons. The van der Waals surface area contributed by atoms with Crippen LogP contribution in [0, 0.1) is 11.6 Å². The Balaban J connectivity index is 1.40. The molecule has 0 atom stereocenters. The van der Waals surface area contributed by atoms with Crippen molar-refractivity contribution in [2.45, 2.75) is 25.8 Å². The molecule has 1 saturated heterocycles. The van der Waals surface area contributed by atoms with Gasteiger partial charge in [0.15, 0.2) is 11.5 Å². The first-order valence-electron chi connectivity index (χ1n) is 10.8. The average molecular weight is 446 g/mol. The van der Waals surface area contributed by atoms with Crippen LogP contribution in [-0.2, 0) is 12.8 Å². The molecule has 0 saturated carbocycles. The van der Waals surface area contributed by atoms with Crippen molar-refractivity contribution in [1.82, 2.24) is 39.9 Å². The molecule has 33 heavy (non-hydrogen) atoms. The molecule has 6 rings (SSSR count). The maximum absolute atomic E-state index is 15.6. The Morgan fingerprint density at radius 3 is 2.76 bits per heavy atom. The van der Waals surface area contributed by atoms with Gasteiger partial charge in [0.2, 0.25) is 0 Å². The van der Waals surface area contributed by atoms with E-state index < -0.39 is 11.6 Å². The monoisotopic (exact) mass is 446 g/mol. The zero-order valence-corrected chi connectivity index (χ0v) is 17.8. The molecule has 0 aliphatic carbocycles. The second-order valence-electron chi connectivity index (χ2n) is 8.20. The third-order valence-electron chi connectivity index (χ3n) is 6.12. The van der Waals surface area contributed by atoms with Gasteiger partial charge in [0.05, 0.1) is 23.4 Å². The third kappa shape index (κ3) is 3.34. The summed E-state index contributed by atoms with van der Waals surface area (Å²) in [6.07, 6.45) is 5.93. The Kier molecular flexibility index (Phi) is 4.61. The first-order chi connectivity index (χ1) is 16.1. The van der Waals surface area contributed by atoms with Crippen molar-refractivity contribution >= 4 is 16.6 Å². The quantitative estimate of drug-likeness (QED) is 0.447. The van der Waals surface area contributed by atoms with Gasteiger partial charge in [-0.05, 0) is 24.6 Å². The molecule has 4 aromatic heterocycles. The molecular weight excluding hydrogens is 426 g/mol. The van der Waals surface area contributed by atoms with Gasteiger partial charge in [0.1, 0.15) is 11.6 Å². The van der Waals surface area contributed by atoms with Crippen molar-refractivity contribution in [1.29, 1.82) is 0 Å². The number of pyridine rings is 1. The lowest BCUT2D eigenvalue weighted by molar-refractivity contribution is 0.318. The fourth-order valence-electron chi connectivity index (χ4n) is 4.04. The van der Waals surface area contributed by atoms with Crippen molar-refractivity contribution in [3.05, 3.63) is 71.6 Å². The highest BCUT2D eigenvalue weighted by molar-refractivity contribution is 5.84. The molecule has 1 fully saturated rings. The van der Waals surface area contributed by atoms with Crippen LogP contribution in [0.5, 0.6) is 0 Å². The van der Waals surface area contributed by atoms with Crippen LogP contribution in [0.1, 0.15) is 30.0 Å². The SMILES string of the molecule is CCc1ccc2nnc(Cc3c(F)cc4ncc(-c5cnn(C6CNC6)c5)cc4c3F)n2n1. The van der Waals surface area contributed by atoms with Crippen LogP contribution >= 0.6 is 0 Å². The lowest BCUT2D eigenvalue weighted by Crippen LogP contribution is -2.43. The van der Waals surface area contributed by atoms with Gasteiger partial charge in [-0.3, -0.25) is 9.67 Å². The molecule has 1 aromatic carbocycles. The summed E-state index contributed by atoms with van der Waals surface area (Å²) in [6.45, 7) is 3.73. The molecule has 1 aliphatic rings. The van der Waals surface area contributed by atoms with Gasteiger partial charge in [-0.15, -0.1) is 10.2 Å². The smallest absolute Gasteiger partial charge is 0.177 e. The maximum atomic E-state index is 15.6. The number of benzene rings is 1. The number of fused-ring (bicyclic) bond motifs is 2. The van der Waals surface area contributed by atoms with E-state index in [1.807, 2.05) is 23.9 Å². The molecule has 5 aromatic rings. The number of aryl methyl sites for hydroxylation is 1. The van der Waals surface area contributed by atoms with Crippen LogP contribution in [0.25, 0.3) is 27.7 Å². The molecular formula is C23H20F2N8. The highest BCUT2D eigenvalue weighted by Crippen LogP contribution is 2.29. The van der Waals surface area contributed by atoms with Crippen LogP contribution in [0.2, 0.25) is 0 Å². The maximum Gasteiger partial charge on any atom is 0.177 e. The van der Waals surface area contributed by atoms with Gasteiger partial charge >= 0.3 is 0 Å². The Morgan fingerprint density at radius 1 is 1.09 bits per heavy atom. The molecule has 1 N–H and O–H groups in total. The number of nitrogens with one attached hydrogen (secondary N) is 1. The van der Waals surface area contributed by atoms with Crippen molar-refractivity contribution < 1.29 is 8.78 Å². The molecule has 0 amide bonds. The van der Waals surface area contributed by atoms with Crippen LogP contribution < -0.4 is 5.32 Å². The second kappa shape index (κ2) is 7.66. The van der Waals surface area contributed by atoms with Crippen LogP contribution in [-0.4, -0.2) is 47.7 Å². The number of hydrogen-bond donors (Lipinski definition) is 1. The van der Waals surface area contributed by atoms with Crippen LogP contribution in [0.4, 0.5) is 8.78 Å². The topological polar surface area (TPSA) is 85.8 Å². The summed E-state index contributed by atoms with van der Waals surface area (Å²) in [5.74, 6) is -0.954. The van der Waals surface area contributed by atoms with Gasteiger partial charge in [-0.2, -0.15) is 14.7 Å². The third-order valence-corrected chi connectivity index (χ3v) is 6.12. The molecule has 0 bridgehead atoms. The first-order valence-corrected chi connectivity index (χ1v) is 10.8. The molecule has 166 valence electrons.